The van der Waals surface area contributed by atoms with E-state index in [0.717, 1.165) is 0 Å². The Morgan fingerprint density at radius 1 is 1.14 bits per heavy atom. The van der Waals surface area contributed by atoms with Gasteiger partial charge in [0.05, 0.1) is 0 Å². The maximum absolute atomic E-state index is 4.89. The van der Waals surface area contributed by atoms with E-state index >= 15 is 0 Å². The fourth-order valence-corrected chi connectivity index (χ4v) is 0. The SMILES string of the molecule is C.C.C[O][Al]([CH3])[CH3]. The molecule has 0 unspecified atom stereocenters. The molecular formula is C5H17AlO. The van der Waals surface area contributed by atoms with Gasteiger partial charge in [0.2, 0.25) is 0 Å². The second kappa shape index (κ2) is 9.70. The van der Waals surface area contributed by atoms with Gasteiger partial charge < -0.3 is 3.79 Å². The highest BCUT2D eigenvalue weighted by molar-refractivity contribution is 6.48. The molecule has 0 bridgehead atoms. The quantitative estimate of drug-likeness (QED) is 0.482. The Morgan fingerprint density at radius 3 is 1.29 bits per heavy atom. The van der Waals surface area contributed by atoms with Crippen molar-refractivity contribution in [1.82, 2.24) is 0 Å². The summed E-state index contributed by atoms with van der Waals surface area (Å²) >= 11 is -0.650. The predicted octanol–water partition coefficient (Wildman–Crippen LogP) is 2.16. The summed E-state index contributed by atoms with van der Waals surface area (Å²) in [6, 6.07) is 0. The van der Waals surface area contributed by atoms with Crippen molar-refractivity contribution in [2.75, 3.05) is 7.11 Å². The Morgan fingerprint density at radius 2 is 1.29 bits per heavy atom. The average molecular weight is 120 g/mol. The van der Waals surface area contributed by atoms with Gasteiger partial charge in [-0.2, -0.15) is 0 Å². The largest absolute Gasteiger partial charge is 0.503 e. The third-order valence-electron chi connectivity index (χ3n) is 0.471. The average Bonchev–Trinajstić information content (AvgIpc) is 1.38. The lowest BCUT2D eigenvalue weighted by molar-refractivity contribution is 0.430. The van der Waals surface area contributed by atoms with Crippen molar-refractivity contribution >= 4 is 14.5 Å². The first kappa shape index (κ1) is 15.6. The number of hydrogen-bond acceptors (Lipinski definition) is 1. The van der Waals surface area contributed by atoms with E-state index in [1.54, 1.807) is 7.11 Å². The van der Waals surface area contributed by atoms with Crippen LogP contribution in [0.5, 0.6) is 0 Å². The lowest BCUT2D eigenvalue weighted by Crippen LogP contribution is -2.00. The smallest absolute Gasteiger partial charge is 0.453 e. The van der Waals surface area contributed by atoms with Gasteiger partial charge in [-0.05, 0) is 0 Å². The third kappa shape index (κ3) is 21.1. The summed E-state index contributed by atoms with van der Waals surface area (Å²) in [5.41, 5.74) is 0. The topological polar surface area (TPSA) is 9.23 Å². The molecule has 0 aromatic heterocycles. The molecule has 0 saturated heterocycles. The number of hydrogen-bond donors (Lipinski definition) is 0. The molecule has 0 aliphatic rings. The molecule has 0 radical (unpaired) electrons. The molecule has 0 N–H and O–H groups in total. The van der Waals surface area contributed by atoms with Crippen molar-refractivity contribution in [3.05, 3.63) is 0 Å². The van der Waals surface area contributed by atoms with E-state index in [9.17, 15) is 0 Å². The molecule has 2 heteroatoms. The highest BCUT2D eigenvalue weighted by Gasteiger charge is 1.95. The van der Waals surface area contributed by atoms with Crippen molar-refractivity contribution < 1.29 is 3.79 Å². The molecule has 0 amide bonds. The van der Waals surface area contributed by atoms with E-state index in [4.69, 9.17) is 3.79 Å². The Bertz CT molecular complexity index is 22.0. The first-order valence-electron chi connectivity index (χ1n) is 1.80. The summed E-state index contributed by atoms with van der Waals surface area (Å²) in [4.78, 5) is 0. The predicted molar refractivity (Wildman–Crippen MR) is 38.0 cm³/mol. The molecule has 0 atom stereocenters. The van der Waals surface area contributed by atoms with Crippen LogP contribution in [-0.2, 0) is 3.79 Å². The monoisotopic (exact) mass is 120 g/mol. The molecular weight excluding hydrogens is 103 g/mol. The fourth-order valence-electron chi connectivity index (χ4n) is 0. The van der Waals surface area contributed by atoms with E-state index in [1.807, 2.05) is 0 Å². The van der Waals surface area contributed by atoms with Gasteiger partial charge in [0, 0.05) is 7.11 Å². The molecule has 0 aliphatic heterocycles. The summed E-state index contributed by atoms with van der Waals surface area (Å²) < 4.78 is 4.89. The van der Waals surface area contributed by atoms with Gasteiger partial charge in [0.25, 0.3) is 0 Å². The van der Waals surface area contributed by atoms with Gasteiger partial charge in [-0.3, -0.25) is 0 Å². The Labute approximate surface area is 52.4 Å². The molecule has 0 fully saturated rings. The normalized spacial score (nSPS) is 5.57. The molecule has 0 saturated carbocycles. The van der Waals surface area contributed by atoms with Gasteiger partial charge in [-0.1, -0.05) is 26.4 Å². The van der Waals surface area contributed by atoms with Crippen molar-refractivity contribution in [3.63, 3.8) is 0 Å². The second-order valence-electron chi connectivity index (χ2n) is 1.28. The Kier molecular flexibility index (Phi) is 21.7. The van der Waals surface area contributed by atoms with Crippen molar-refractivity contribution in [3.8, 4) is 0 Å². The molecule has 0 aromatic carbocycles. The van der Waals surface area contributed by atoms with Gasteiger partial charge in [-0.15, -0.1) is 0 Å². The second-order valence-corrected chi connectivity index (χ2v) is 3.85. The van der Waals surface area contributed by atoms with E-state index in [2.05, 4.69) is 11.6 Å². The minimum absolute atomic E-state index is 0. The lowest BCUT2D eigenvalue weighted by atomic mass is 11.8. The van der Waals surface area contributed by atoms with Crippen LogP contribution in [0.1, 0.15) is 14.9 Å². The Balaban J connectivity index is -0.0000000800. The first-order chi connectivity index (χ1) is 2.27. The van der Waals surface area contributed by atoms with E-state index < -0.39 is 14.5 Å². The van der Waals surface area contributed by atoms with Crippen LogP contribution in [0, 0.1) is 0 Å². The zero-order chi connectivity index (χ0) is 4.28. The van der Waals surface area contributed by atoms with Crippen LogP contribution in [0.3, 0.4) is 0 Å². The number of rotatable bonds is 1. The van der Waals surface area contributed by atoms with Gasteiger partial charge in [0.1, 0.15) is 0 Å². The molecule has 0 spiro atoms. The molecule has 0 rings (SSSR count). The van der Waals surface area contributed by atoms with E-state index in [-0.39, 0.29) is 14.9 Å². The van der Waals surface area contributed by atoms with Crippen LogP contribution in [0.25, 0.3) is 0 Å². The highest BCUT2D eigenvalue weighted by atomic mass is 27.2. The molecule has 46 valence electrons. The highest BCUT2D eigenvalue weighted by Crippen LogP contribution is 1.73. The fraction of sp³-hybridized carbons (Fsp3) is 1.00. The van der Waals surface area contributed by atoms with Gasteiger partial charge >= 0.3 is 14.5 Å². The van der Waals surface area contributed by atoms with Crippen LogP contribution in [0.4, 0.5) is 0 Å². The summed E-state index contributed by atoms with van der Waals surface area (Å²) in [7, 11) is 1.76. The minimum Gasteiger partial charge on any atom is -0.503 e. The van der Waals surface area contributed by atoms with Crippen LogP contribution in [0.2, 0.25) is 11.6 Å². The first-order valence-corrected chi connectivity index (χ1v) is 4.58. The maximum Gasteiger partial charge on any atom is 0.453 e. The zero-order valence-corrected chi connectivity index (χ0v) is 5.14. The van der Waals surface area contributed by atoms with Crippen molar-refractivity contribution in [2.45, 2.75) is 26.4 Å². The molecule has 0 aromatic rings. The van der Waals surface area contributed by atoms with Crippen molar-refractivity contribution in [2.24, 2.45) is 0 Å². The molecule has 7 heavy (non-hydrogen) atoms. The standard InChI is InChI=1S/CH3O.2CH4.2CH3.Al/c1-2;;;;;/h1H3;2*1H4;2*1H3;/q-1;;;;;+1. The van der Waals surface area contributed by atoms with E-state index in [0.29, 0.717) is 0 Å². The third-order valence-corrected chi connectivity index (χ3v) is 1.41. The summed E-state index contributed by atoms with van der Waals surface area (Å²) in [6.45, 7) is 0. The van der Waals surface area contributed by atoms with Crippen LogP contribution < -0.4 is 0 Å². The summed E-state index contributed by atoms with van der Waals surface area (Å²) in [5.74, 6) is 4.28. The van der Waals surface area contributed by atoms with Crippen LogP contribution in [0.15, 0.2) is 0 Å². The van der Waals surface area contributed by atoms with Crippen LogP contribution in [-0.4, -0.2) is 21.6 Å². The molecule has 1 nitrogen and oxygen atoms in total. The van der Waals surface area contributed by atoms with Crippen molar-refractivity contribution in [1.29, 1.82) is 0 Å². The molecule has 0 aliphatic carbocycles. The minimum atomic E-state index is -0.650. The summed E-state index contributed by atoms with van der Waals surface area (Å²) in [6.07, 6.45) is 0. The molecule has 0 heterocycles. The maximum atomic E-state index is 4.89. The Hall–Kier alpha value is 0.492. The van der Waals surface area contributed by atoms with Gasteiger partial charge in [-0.25, -0.2) is 0 Å². The lowest BCUT2D eigenvalue weighted by Gasteiger charge is -1.87. The van der Waals surface area contributed by atoms with E-state index in [1.165, 1.54) is 0 Å². The summed E-state index contributed by atoms with van der Waals surface area (Å²) in [5, 5.41) is 0. The van der Waals surface area contributed by atoms with Gasteiger partial charge in [0.15, 0.2) is 0 Å². The zero-order valence-electron chi connectivity index (χ0n) is 3.99. The van der Waals surface area contributed by atoms with Crippen LogP contribution >= 0.6 is 0 Å².